The molecule has 2 aromatic rings. The lowest BCUT2D eigenvalue weighted by Crippen LogP contribution is -2.28. The number of nitrogens with one attached hydrogen (secondary N) is 2. The molecule has 1 aliphatic rings. The molecule has 2 aromatic carbocycles. The maximum Gasteiger partial charge on any atom is 0.418 e. The van der Waals surface area contributed by atoms with Gasteiger partial charge in [0.25, 0.3) is 0 Å². The summed E-state index contributed by atoms with van der Waals surface area (Å²) in [7, 11) is 0. The molecule has 126 valence electrons. The number of benzene rings is 2. The van der Waals surface area contributed by atoms with Gasteiger partial charge in [-0.2, -0.15) is 13.2 Å². The van der Waals surface area contributed by atoms with Crippen LogP contribution in [0.4, 0.5) is 18.9 Å². The van der Waals surface area contributed by atoms with E-state index in [1.54, 1.807) is 12.1 Å². The largest absolute Gasteiger partial charge is 0.454 e. The average molecular weight is 354 g/mol. The lowest BCUT2D eigenvalue weighted by atomic mass is 10.1. The Balaban J connectivity index is 1.63. The third kappa shape index (κ3) is 3.70. The Morgan fingerprint density at radius 3 is 2.62 bits per heavy atom. The number of hydrogen-bond donors (Lipinski definition) is 2. The van der Waals surface area contributed by atoms with Crippen LogP contribution in [0.3, 0.4) is 0 Å². The van der Waals surface area contributed by atoms with Crippen LogP contribution in [-0.4, -0.2) is 11.9 Å². The van der Waals surface area contributed by atoms with Gasteiger partial charge in [0.2, 0.25) is 6.79 Å². The lowest BCUT2D eigenvalue weighted by Gasteiger charge is -2.15. The Morgan fingerprint density at radius 2 is 1.83 bits per heavy atom. The highest BCUT2D eigenvalue weighted by Gasteiger charge is 2.33. The number of rotatable bonds is 3. The molecule has 0 aliphatic carbocycles. The van der Waals surface area contributed by atoms with Gasteiger partial charge in [0.15, 0.2) is 16.6 Å². The van der Waals surface area contributed by atoms with E-state index < -0.39 is 11.7 Å². The monoisotopic (exact) mass is 354 g/mol. The van der Waals surface area contributed by atoms with E-state index in [-0.39, 0.29) is 17.6 Å². The Hall–Kier alpha value is -2.48. The van der Waals surface area contributed by atoms with Crippen molar-refractivity contribution in [3.8, 4) is 11.5 Å². The van der Waals surface area contributed by atoms with Gasteiger partial charge in [0.1, 0.15) is 0 Å². The Labute approximate surface area is 141 Å². The van der Waals surface area contributed by atoms with Crippen molar-refractivity contribution in [1.29, 1.82) is 0 Å². The number of fused-ring (bicyclic) bond motifs is 1. The summed E-state index contributed by atoms with van der Waals surface area (Å²) < 4.78 is 49.3. The van der Waals surface area contributed by atoms with E-state index in [0.717, 1.165) is 11.6 Å². The van der Waals surface area contributed by atoms with Gasteiger partial charge in [0.05, 0.1) is 11.3 Å². The minimum absolute atomic E-state index is 0.0896. The zero-order chi connectivity index (χ0) is 17.2. The van der Waals surface area contributed by atoms with E-state index in [0.29, 0.717) is 18.0 Å². The fourth-order valence-electron chi connectivity index (χ4n) is 2.24. The number of anilines is 1. The molecule has 0 unspecified atom stereocenters. The molecule has 3 rings (SSSR count). The Kier molecular flexibility index (Phi) is 4.48. The predicted octanol–water partition coefficient (Wildman–Crippen LogP) is 3.92. The molecule has 0 aromatic heterocycles. The van der Waals surface area contributed by atoms with Gasteiger partial charge in [0, 0.05) is 6.54 Å². The van der Waals surface area contributed by atoms with E-state index in [9.17, 15) is 13.2 Å². The molecule has 0 atom stereocenters. The van der Waals surface area contributed by atoms with Gasteiger partial charge in [-0.15, -0.1) is 0 Å². The maximum absolute atomic E-state index is 12.9. The number of para-hydroxylation sites is 1. The van der Waals surface area contributed by atoms with Gasteiger partial charge in [-0.1, -0.05) is 18.2 Å². The molecule has 0 amide bonds. The highest BCUT2D eigenvalue weighted by molar-refractivity contribution is 7.80. The van der Waals surface area contributed by atoms with Crippen molar-refractivity contribution in [2.45, 2.75) is 12.7 Å². The molecule has 1 heterocycles. The number of halogens is 3. The molecule has 0 spiro atoms. The maximum atomic E-state index is 12.9. The van der Waals surface area contributed by atoms with Crippen molar-refractivity contribution >= 4 is 23.0 Å². The van der Waals surface area contributed by atoms with E-state index in [1.807, 2.05) is 6.07 Å². The van der Waals surface area contributed by atoms with Crippen LogP contribution in [0.25, 0.3) is 0 Å². The van der Waals surface area contributed by atoms with Gasteiger partial charge in [-0.3, -0.25) is 0 Å². The van der Waals surface area contributed by atoms with E-state index >= 15 is 0 Å². The first kappa shape index (κ1) is 16.4. The van der Waals surface area contributed by atoms with Crippen LogP contribution in [0.1, 0.15) is 11.1 Å². The van der Waals surface area contributed by atoms with Crippen LogP contribution in [0.2, 0.25) is 0 Å². The lowest BCUT2D eigenvalue weighted by molar-refractivity contribution is -0.136. The minimum atomic E-state index is -4.45. The van der Waals surface area contributed by atoms with E-state index in [2.05, 4.69) is 10.6 Å². The summed E-state index contributed by atoms with van der Waals surface area (Å²) in [6.07, 6.45) is -4.45. The fraction of sp³-hybridized carbons (Fsp3) is 0.188. The quantitative estimate of drug-likeness (QED) is 0.818. The molecular weight excluding hydrogens is 341 g/mol. The Bertz CT molecular complexity index is 765. The van der Waals surface area contributed by atoms with Gasteiger partial charge < -0.3 is 20.1 Å². The summed E-state index contributed by atoms with van der Waals surface area (Å²) in [5, 5.41) is 5.56. The van der Waals surface area contributed by atoms with Gasteiger partial charge in [-0.25, -0.2) is 0 Å². The van der Waals surface area contributed by atoms with Crippen LogP contribution in [0, 0.1) is 0 Å². The third-order valence-corrected chi connectivity index (χ3v) is 3.62. The van der Waals surface area contributed by atoms with Crippen LogP contribution in [-0.2, 0) is 12.7 Å². The van der Waals surface area contributed by atoms with Crippen LogP contribution >= 0.6 is 12.2 Å². The van der Waals surface area contributed by atoms with E-state index in [4.69, 9.17) is 21.7 Å². The van der Waals surface area contributed by atoms with Crippen LogP contribution in [0.5, 0.6) is 11.5 Å². The second-order valence-electron chi connectivity index (χ2n) is 5.04. The summed E-state index contributed by atoms with van der Waals surface area (Å²) in [5.74, 6) is 1.30. The van der Waals surface area contributed by atoms with Crippen molar-refractivity contribution in [3.05, 3.63) is 53.6 Å². The van der Waals surface area contributed by atoms with Gasteiger partial charge in [-0.05, 0) is 42.0 Å². The first-order valence-corrected chi connectivity index (χ1v) is 7.44. The number of ether oxygens (including phenoxy) is 2. The molecule has 0 bridgehead atoms. The minimum Gasteiger partial charge on any atom is -0.454 e. The summed E-state index contributed by atoms with van der Waals surface area (Å²) in [5.41, 5.74) is 0.0120. The molecule has 0 radical (unpaired) electrons. The molecule has 8 heteroatoms. The third-order valence-electron chi connectivity index (χ3n) is 3.37. The summed E-state index contributed by atoms with van der Waals surface area (Å²) in [6.45, 7) is 0.525. The SMILES string of the molecule is FC(F)(F)c1ccccc1NC(=S)NCc1ccc2c(c1)OCO2. The molecule has 0 fully saturated rings. The standard InChI is InChI=1S/C16H13F3N2O2S/c17-16(18,19)11-3-1-2-4-12(11)21-15(24)20-8-10-5-6-13-14(7-10)23-9-22-13/h1-7H,8-9H2,(H2,20,21,24). The second-order valence-corrected chi connectivity index (χ2v) is 5.45. The summed E-state index contributed by atoms with van der Waals surface area (Å²) in [6, 6.07) is 10.6. The van der Waals surface area contributed by atoms with Crippen LogP contribution in [0.15, 0.2) is 42.5 Å². The fourth-order valence-corrected chi connectivity index (χ4v) is 2.42. The molecule has 24 heavy (non-hydrogen) atoms. The summed E-state index contributed by atoms with van der Waals surface area (Å²) in [4.78, 5) is 0. The average Bonchev–Trinajstić information content (AvgIpc) is 3.00. The zero-order valence-electron chi connectivity index (χ0n) is 12.3. The molecule has 0 saturated heterocycles. The van der Waals surface area contributed by atoms with Crippen molar-refractivity contribution in [1.82, 2.24) is 5.32 Å². The van der Waals surface area contributed by atoms with Gasteiger partial charge >= 0.3 is 6.18 Å². The number of hydrogen-bond acceptors (Lipinski definition) is 3. The van der Waals surface area contributed by atoms with Crippen molar-refractivity contribution < 1.29 is 22.6 Å². The first-order chi connectivity index (χ1) is 11.4. The molecule has 4 nitrogen and oxygen atoms in total. The summed E-state index contributed by atoms with van der Waals surface area (Å²) >= 11 is 5.07. The normalized spacial score (nSPS) is 12.8. The van der Waals surface area contributed by atoms with Crippen molar-refractivity contribution in [3.63, 3.8) is 0 Å². The van der Waals surface area contributed by atoms with Crippen molar-refractivity contribution in [2.24, 2.45) is 0 Å². The first-order valence-electron chi connectivity index (χ1n) is 7.03. The molecule has 2 N–H and O–H groups in total. The van der Waals surface area contributed by atoms with Crippen LogP contribution < -0.4 is 20.1 Å². The molecule has 0 saturated carbocycles. The van der Waals surface area contributed by atoms with E-state index in [1.165, 1.54) is 18.2 Å². The molecule has 1 aliphatic heterocycles. The highest BCUT2D eigenvalue weighted by Crippen LogP contribution is 2.34. The smallest absolute Gasteiger partial charge is 0.418 e. The number of alkyl halides is 3. The second kappa shape index (κ2) is 6.56. The number of thiocarbonyl (C=S) groups is 1. The zero-order valence-corrected chi connectivity index (χ0v) is 13.1. The Morgan fingerprint density at radius 1 is 1.08 bits per heavy atom. The molecular formula is C16H13F3N2O2S. The van der Waals surface area contributed by atoms with Crippen molar-refractivity contribution in [2.75, 3.05) is 12.1 Å². The highest BCUT2D eigenvalue weighted by atomic mass is 32.1. The predicted molar refractivity (Wildman–Crippen MR) is 87.1 cm³/mol. The topological polar surface area (TPSA) is 42.5 Å².